The Morgan fingerprint density at radius 1 is 1.05 bits per heavy atom. The average molecular weight is 269 g/mol. The number of aryl methyl sites for hydroxylation is 1. The van der Waals surface area contributed by atoms with Gasteiger partial charge in [-0.05, 0) is 0 Å². The van der Waals surface area contributed by atoms with Crippen molar-refractivity contribution in [3.63, 3.8) is 0 Å². The van der Waals surface area contributed by atoms with Gasteiger partial charge >= 0.3 is 5.69 Å². The van der Waals surface area contributed by atoms with Crippen LogP contribution >= 0.6 is 0 Å². The Morgan fingerprint density at radius 2 is 1.80 bits per heavy atom. The molecule has 0 aliphatic carbocycles. The molecule has 1 aromatic carbocycles. The van der Waals surface area contributed by atoms with Crippen LogP contribution in [0.25, 0.3) is 16.5 Å². The second-order valence-corrected chi connectivity index (χ2v) is 4.46. The number of hydrogen-bond donors (Lipinski definition) is 1. The summed E-state index contributed by atoms with van der Waals surface area (Å²) in [5.41, 5.74) is -1.21. The number of pyridine rings is 1. The molecule has 0 unspecified atom stereocenters. The highest BCUT2D eigenvalue weighted by atomic mass is 16.2. The molecule has 1 N–H and O–H groups in total. The number of aromatic amines is 1. The molecule has 3 rings (SSSR count). The maximum Gasteiger partial charge on any atom is 0.333 e. The predicted octanol–water partition coefficient (Wildman–Crippen LogP) is 0.378. The molecule has 0 radical (unpaired) electrons. The molecular weight excluding hydrogens is 258 g/mol. The maximum atomic E-state index is 12.3. The highest BCUT2D eigenvalue weighted by molar-refractivity contribution is 5.89. The van der Waals surface area contributed by atoms with Gasteiger partial charge in [0.05, 0.1) is 0 Å². The zero-order valence-corrected chi connectivity index (χ0v) is 10.7. The quantitative estimate of drug-likeness (QED) is 0.693. The Hall–Kier alpha value is -2.89. The van der Waals surface area contributed by atoms with E-state index in [-0.39, 0.29) is 11.2 Å². The molecule has 0 atom stereocenters. The molecule has 3 aromatic rings. The monoisotopic (exact) mass is 269 g/mol. The van der Waals surface area contributed by atoms with Crippen molar-refractivity contribution in [2.24, 2.45) is 7.05 Å². The fourth-order valence-corrected chi connectivity index (χ4v) is 2.20. The molecule has 20 heavy (non-hydrogen) atoms. The van der Waals surface area contributed by atoms with Crippen molar-refractivity contribution in [1.29, 1.82) is 0 Å². The van der Waals surface area contributed by atoms with Gasteiger partial charge in [0.15, 0.2) is 0 Å². The molecule has 0 amide bonds. The van der Waals surface area contributed by atoms with Crippen LogP contribution in [-0.2, 0) is 7.05 Å². The van der Waals surface area contributed by atoms with Gasteiger partial charge in [0, 0.05) is 36.3 Å². The largest absolute Gasteiger partial charge is 0.333 e. The van der Waals surface area contributed by atoms with E-state index in [2.05, 4.69) is 4.98 Å². The Bertz CT molecular complexity index is 979. The lowest BCUT2D eigenvalue weighted by Gasteiger charge is -2.10. The van der Waals surface area contributed by atoms with Crippen LogP contribution in [0, 0.1) is 0 Å². The van der Waals surface area contributed by atoms with Gasteiger partial charge in [0.1, 0.15) is 5.69 Å². The minimum atomic E-state index is -0.633. The van der Waals surface area contributed by atoms with Gasteiger partial charge in [-0.3, -0.25) is 19.1 Å². The van der Waals surface area contributed by atoms with Gasteiger partial charge in [-0.15, -0.1) is 0 Å². The summed E-state index contributed by atoms with van der Waals surface area (Å²) < 4.78 is 2.57. The van der Waals surface area contributed by atoms with Crippen molar-refractivity contribution >= 4 is 10.8 Å². The zero-order chi connectivity index (χ0) is 14.3. The lowest BCUT2D eigenvalue weighted by molar-refractivity contribution is 0.824. The predicted molar refractivity (Wildman–Crippen MR) is 75.4 cm³/mol. The summed E-state index contributed by atoms with van der Waals surface area (Å²) in [6.45, 7) is 0. The molecule has 0 aliphatic rings. The topological polar surface area (TPSA) is 76.9 Å². The normalized spacial score (nSPS) is 10.8. The molecule has 0 aliphatic heterocycles. The molecule has 2 aromatic heterocycles. The van der Waals surface area contributed by atoms with Gasteiger partial charge in [0.25, 0.3) is 11.1 Å². The second-order valence-electron chi connectivity index (χ2n) is 4.46. The van der Waals surface area contributed by atoms with E-state index >= 15 is 0 Å². The summed E-state index contributed by atoms with van der Waals surface area (Å²) in [5, 5.41) is 1.49. The fourth-order valence-electron chi connectivity index (χ4n) is 2.20. The number of nitrogens with zero attached hydrogens (tertiary/aromatic N) is 2. The van der Waals surface area contributed by atoms with Crippen LogP contribution in [-0.4, -0.2) is 14.1 Å². The van der Waals surface area contributed by atoms with E-state index in [1.807, 2.05) is 12.1 Å². The Morgan fingerprint density at radius 3 is 2.55 bits per heavy atom. The van der Waals surface area contributed by atoms with Gasteiger partial charge < -0.3 is 4.57 Å². The van der Waals surface area contributed by atoms with E-state index in [1.54, 1.807) is 25.4 Å². The summed E-state index contributed by atoms with van der Waals surface area (Å²) >= 11 is 0. The molecule has 0 saturated heterocycles. The van der Waals surface area contributed by atoms with Crippen LogP contribution in [0.1, 0.15) is 0 Å². The number of fused-ring (bicyclic) bond motifs is 1. The van der Waals surface area contributed by atoms with Crippen LogP contribution in [0.4, 0.5) is 0 Å². The molecule has 6 heteroatoms. The summed E-state index contributed by atoms with van der Waals surface area (Å²) in [6.07, 6.45) is 3.02. The third-order valence-electron chi connectivity index (χ3n) is 3.14. The van der Waals surface area contributed by atoms with Crippen molar-refractivity contribution in [3.8, 4) is 5.69 Å². The first-order chi connectivity index (χ1) is 9.58. The molecule has 100 valence electrons. The van der Waals surface area contributed by atoms with Crippen LogP contribution < -0.4 is 16.8 Å². The van der Waals surface area contributed by atoms with E-state index < -0.39 is 11.2 Å². The second kappa shape index (κ2) is 4.34. The Labute approximate surface area is 112 Å². The van der Waals surface area contributed by atoms with E-state index in [0.29, 0.717) is 5.39 Å². The smallest absolute Gasteiger partial charge is 0.316 e. The van der Waals surface area contributed by atoms with Crippen LogP contribution in [0.3, 0.4) is 0 Å². The summed E-state index contributed by atoms with van der Waals surface area (Å²) in [5.74, 6) is 0. The highest BCUT2D eigenvalue weighted by Crippen LogP contribution is 2.17. The third-order valence-corrected chi connectivity index (χ3v) is 3.14. The minimum absolute atomic E-state index is 0.229. The molecule has 0 bridgehead atoms. The van der Waals surface area contributed by atoms with Crippen molar-refractivity contribution in [1.82, 2.24) is 14.1 Å². The third kappa shape index (κ3) is 1.78. The van der Waals surface area contributed by atoms with Gasteiger partial charge in [-0.2, -0.15) is 0 Å². The van der Waals surface area contributed by atoms with E-state index in [1.165, 1.54) is 16.8 Å². The Balaban J connectivity index is 2.53. The first-order valence-corrected chi connectivity index (χ1v) is 5.98. The number of H-pyrrole nitrogens is 1. The number of aromatic nitrogens is 3. The fraction of sp³-hybridized carbons (Fsp3) is 0.0714. The van der Waals surface area contributed by atoms with Crippen LogP contribution in [0.5, 0.6) is 0 Å². The zero-order valence-electron chi connectivity index (χ0n) is 10.7. The van der Waals surface area contributed by atoms with Crippen molar-refractivity contribution in [2.75, 3.05) is 0 Å². The number of hydrogen-bond acceptors (Lipinski definition) is 3. The van der Waals surface area contributed by atoms with Crippen molar-refractivity contribution < 1.29 is 0 Å². The minimum Gasteiger partial charge on any atom is -0.316 e. The van der Waals surface area contributed by atoms with Crippen LogP contribution in [0.15, 0.2) is 57.1 Å². The average Bonchev–Trinajstić information content (AvgIpc) is 2.42. The Kier molecular flexibility index (Phi) is 2.64. The molecule has 2 heterocycles. The van der Waals surface area contributed by atoms with Crippen molar-refractivity contribution in [2.45, 2.75) is 0 Å². The first-order valence-electron chi connectivity index (χ1n) is 5.98. The lowest BCUT2D eigenvalue weighted by atomic mass is 10.1. The van der Waals surface area contributed by atoms with E-state index in [9.17, 15) is 14.4 Å². The number of nitrogens with one attached hydrogen (secondary N) is 1. The summed E-state index contributed by atoms with van der Waals surface area (Å²) in [4.78, 5) is 37.5. The van der Waals surface area contributed by atoms with E-state index in [0.717, 1.165) is 9.95 Å². The lowest BCUT2D eigenvalue weighted by Crippen LogP contribution is -2.32. The van der Waals surface area contributed by atoms with Gasteiger partial charge in [-0.25, -0.2) is 4.79 Å². The summed E-state index contributed by atoms with van der Waals surface area (Å²) in [7, 11) is 1.62. The molecule has 0 fully saturated rings. The first kappa shape index (κ1) is 12.2. The number of benzene rings is 1. The molecule has 0 spiro atoms. The van der Waals surface area contributed by atoms with Gasteiger partial charge in [-0.1, -0.05) is 24.3 Å². The standard InChI is InChI=1S/C14H11N3O3/c1-16-8-9-4-2-3-5-10(9)12(13(16)19)17-7-6-11(18)15-14(17)20/h2-8H,1H3,(H,15,18,20). The van der Waals surface area contributed by atoms with Gasteiger partial charge in [0.2, 0.25) is 0 Å². The van der Waals surface area contributed by atoms with Crippen LogP contribution in [0.2, 0.25) is 0 Å². The number of rotatable bonds is 1. The van der Waals surface area contributed by atoms with Crippen molar-refractivity contribution in [3.05, 3.63) is 73.9 Å². The highest BCUT2D eigenvalue weighted by Gasteiger charge is 2.11. The maximum absolute atomic E-state index is 12.3. The molecule has 0 saturated carbocycles. The molecule has 6 nitrogen and oxygen atoms in total. The molecular formula is C14H11N3O3. The summed E-state index contributed by atoms with van der Waals surface area (Å²) in [6, 6.07) is 8.48. The van der Waals surface area contributed by atoms with E-state index in [4.69, 9.17) is 0 Å². The SMILES string of the molecule is Cn1cc2ccccc2c(-n2ccc(=O)[nH]c2=O)c1=O.